The molecule has 0 saturated carbocycles. The molecule has 1 aromatic heterocycles. The van der Waals surface area contributed by atoms with Crippen LogP contribution in [0.2, 0.25) is 0 Å². The number of halogens is 1. The van der Waals surface area contributed by atoms with Gasteiger partial charge in [-0.3, -0.25) is 9.59 Å². The number of anilines is 1. The van der Waals surface area contributed by atoms with E-state index in [9.17, 15) is 14.0 Å². The van der Waals surface area contributed by atoms with E-state index in [0.717, 1.165) is 24.5 Å². The average molecular weight is 343 g/mol. The standard InChI is InChI=1S/C17H18FN5O2/c1-9-21-22-15-5-3-11(8-23(9)15)19-17(25)13-7-16(24)20-14-6-10(18)2-4-12(13)14/h2,4,6,11,13H,3,5,7-8H2,1H3,(H,19,25)(H,20,24)/t11-,13-/m1/s1. The van der Waals surface area contributed by atoms with Crippen molar-refractivity contribution >= 4 is 17.5 Å². The van der Waals surface area contributed by atoms with Crippen molar-refractivity contribution in [3.63, 3.8) is 0 Å². The first-order chi connectivity index (χ1) is 12.0. The lowest BCUT2D eigenvalue weighted by molar-refractivity contribution is -0.127. The summed E-state index contributed by atoms with van der Waals surface area (Å²) >= 11 is 0. The van der Waals surface area contributed by atoms with Crippen molar-refractivity contribution < 1.29 is 14.0 Å². The van der Waals surface area contributed by atoms with E-state index in [4.69, 9.17) is 0 Å². The van der Waals surface area contributed by atoms with Crippen molar-refractivity contribution in [1.82, 2.24) is 20.1 Å². The molecule has 2 amide bonds. The number of nitrogens with one attached hydrogen (secondary N) is 2. The zero-order chi connectivity index (χ0) is 17.6. The summed E-state index contributed by atoms with van der Waals surface area (Å²) in [6, 6.07) is 4.09. The Morgan fingerprint density at radius 3 is 3.08 bits per heavy atom. The smallest absolute Gasteiger partial charge is 0.228 e. The minimum atomic E-state index is -0.604. The largest absolute Gasteiger partial charge is 0.351 e. The second kappa shape index (κ2) is 5.94. The van der Waals surface area contributed by atoms with Gasteiger partial charge in [0.05, 0.1) is 5.92 Å². The van der Waals surface area contributed by atoms with Gasteiger partial charge < -0.3 is 15.2 Å². The van der Waals surface area contributed by atoms with Crippen molar-refractivity contribution in [3.05, 3.63) is 41.2 Å². The fraction of sp³-hybridized carbons (Fsp3) is 0.412. The molecule has 2 aliphatic heterocycles. The number of rotatable bonds is 2. The highest BCUT2D eigenvalue weighted by Gasteiger charge is 2.33. The molecule has 0 radical (unpaired) electrons. The molecule has 0 fully saturated rings. The first-order valence-corrected chi connectivity index (χ1v) is 8.29. The van der Waals surface area contributed by atoms with Gasteiger partial charge in [-0.1, -0.05) is 6.07 Å². The van der Waals surface area contributed by atoms with Crippen LogP contribution in [0.1, 0.15) is 36.0 Å². The first-order valence-electron chi connectivity index (χ1n) is 8.29. The van der Waals surface area contributed by atoms with E-state index >= 15 is 0 Å². The maximum absolute atomic E-state index is 13.4. The van der Waals surface area contributed by atoms with Crippen LogP contribution in [0.3, 0.4) is 0 Å². The zero-order valence-electron chi connectivity index (χ0n) is 13.8. The van der Waals surface area contributed by atoms with Crippen molar-refractivity contribution in [2.24, 2.45) is 0 Å². The molecule has 0 spiro atoms. The Hall–Kier alpha value is -2.77. The number of aromatic nitrogens is 3. The molecule has 0 bridgehead atoms. The van der Waals surface area contributed by atoms with Crippen molar-refractivity contribution in [2.75, 3.05) is 5.32 Å². The minimum Gasteiger partial charge on any atom is -0.351 e. The van der Waals surface area contributed by atoms with Crippen LogP contribution in [0, 0.1) is 12.7 Å². The summed E-state index contributed by atoms with van der Waals surface area (Å²) in [5.41, 5.74) is 1.02. The summed E-state index contributed by atoms with van der Waals surface area (Å²) in [6.07, 6.45) is 1.59. The lowest BCUT2D eigenvalue weighted by Gasteiger charge is -2.29. The van der Waals surface area contributed by atoms with Crippen LogP contribution in [-0.4, -0.2) is 32.6 Å². The SMILES string of the molecule is Cc1nnc2n1C[C@H](NC(=O)[C@@H]1CC(=O)Nc3cc(F)ccc31)CC2. The summed E-state index contributed by atoms with van der Waals surface area (Å²) in [6.45, 7) is 2.51. The van der Waals surface area contributed by atoms with Crippen LogP contribution in [0.4, 0.5) is 10.1 Å². The quantitative estimate of drug-likeness (QED) is 0.860. The number of aryl methyl sites for hydroxylation is 2. The van der Waals surface area contributed by atoms with Gasteiger partial charge in [-0.25, -0.2) is 4.39 Å². The molecule has 130 valence electrons. The van der Waals surface area contributed by atoms with Crippen LogP contribution in [0.5, 0.6) is 0 Å². The fourth-order valence-electron chi connectivity index (χ4n) is 3.55. The molecule has 7 nitrogen and oxygen atoms in total. The number of amides is 2. The van der Waals surface area contributed by atoms with E-state index in [2.05, 4.69) is 20.8 Å². The van der Waals surface area contributed by atoms with Crippen molar-refractivity contribution in [3.8, 4) is 0 Å². The number of nitrogens with zero attached hydrogens (tertiary/aromatic N) is 3. The molecule has 2 aromatic rings. The Bertz CT molecular complexity index is 863. The highest BCUT2D eigenvalue weighted by atomic mass is 19.1. The molecule has 3 heterocycles. The number of hydrogen-bond acceptors (Lipinski definition) is 4. The van der Waals surface area contributed by atoms with Crippen LogP contribution in [0.25, 0.3) is 0 Å². The van der Waals surface area contributed by atoms with Gasteiger partial charge in [0.1, 0.15) is 17.5 Å². The van der Waals surface area contributed by atoms with E-state index in [1.54, 1.807) is 6.07 Å². The summed E-state index contributed by atoms with van der Waals surface area (Å²) < 4.78 is 15.4. The summed E-state index contributed by atoms with van der Waals surface area (Å²) in [7, 11) is 0. The van der Waals surface area contributed by atoms with Gasteiger partial charge >= 0.3 is 0 Å². The molecule has 1 aromatic carbocycles. The third-order valence-corrected chi connectivity index (χ3v) is 4.85. The Morgan fingerprint density at radius 2 is 2.24 bits per heavy atom. The summed E-state index contributed by atoms with van der Waals surface area (Å²) in [5.74, 6) is 0.226. The van der Waals surface area contributed by atoms with Crippen LogP contribution < -0.4 is 10.6 Å². The molecular formula is C17H18FN5O2. The lowest BCUT2D eigenvalue weighted by atomic mass is 9.89. The molecule has 0 unspecified atom stereocenters. The number of fused-ring (bicyclic) bond motifs is 2. The van der Waals surface area contributed by atoms with Gasteiger partial charge in [-0.15, -0.1) is 10.2 Å². The molecule has 2 aliphatic rings. The number of carbonyl (C=O) groups excluding carboxylic acids is 2. The summed E-state index contributed by atoms with van der Waals surface area (Å²) in [4.78, 5) is 24.7. The molecule has 8 heteroatoms. The third-order valence-electron chi connectivity index (χ3n) is 4.85. The van der Waals surface area contributed by atoms with E-state index in [1.807, 2.05) is 11.5 Å². The monoisotopic (exact) mass is 343 g/mol. The predicted octanol–water partition coefficient (Wildman–Crippen LogP) is 1.28. The van der Waals surface area contributed by atoms with Gasteiger partial charge in [0.25, 0.3) is 0 Å². The fourth-order valence-corrected chi connectivity index (χ4v) is 3.55. The maximum Gasteiger partial charge on any atom is 0.228 e. The van der Waals surface area contributed by atoms with Gasteiger partial charge in [0.2, 0.25) is 11.8 Å². The normalized spacial score (nSPS) is 21.9. The summed E-state index contributed by atoms with van der Waals surface area (Å²) in [5, 5.41) is 13.8. The molecule has 4 rings (SSSR count). The van der Waals surface area contributed by atoms with E-state index in [1.165, 1.54) is 12.1 Å². The van der Waals surface area contributed by atoms with Gasteiger partial charge in [0, 0.05) is 31.1 Å². The number of hydrogen-bond donors (Lipinski definition) is 2. The second-order valence-corrected chi connectivity index (χ2v) is 6.55. The van der Waals surface area contributed by atoms with Crippen LogP contribution >= 0.6 is 0 Å². The Morgan fingerprint density at radius 1 is 1.40 bits per heavy atom. The van der Waals surface area contributed by atoms with Crippen molar-refractivity contribution in [1.29, 1.82) is 0 Å². The van der Waals surface area contributed by atoms with E-state index in [0.29, 0.717) is 17.8 Å². The average Bonchev–Trinajstić information content (AvgIpc) is 2.94. The topological polar surface area (TPSA) is 88.9 Å². The predicted molar refractivity (Wildman–Crippen MR) is 87.4 cm³/mol. The number of benzene rings is 1. The molecular weight excluding hydrogens is 325 g/mol. The first kappa shape index (κ1) is 15.7. The Balaban J connectivity index is 1.52. The second-order valence-electron chi connectivity index (χ2n) is 6.55. The molecule has 2 atom stereocenters. The Labute approximate surface area is 143 Å². The van der Waals surface area contributed by atoms with E-state index in [-0.39, 0.29) is 24.3 Å². The van der Waals surface area contributed by atoms with Gasteiger partial charge in [0.15, 0.2) is 0 Å². The molecule has 2 N–H and O–H groups in total. The van der Waals surface area contributed by atoms with E-state index < -0.39 is 11.7 Å². The molecule has 0 saturated heterocycles. The van der Waals surface area contributed by atoms with Gasteiger partial charge in [-0.2, -0.15) is 0 Å². The lowest BCUT2D eigenvalue weighted by Crippen LogP contribution is -2.44. The minimum absolute atomic E-state index is 0.0383. The van der Waals surface area contributed by atoms with Gasteiger partial charge in [-0.05, 0) is 31.0 Å². The highest BCUT2D eigenvalue weighted by molar-refractivity contribution is 6.01. The van der Waals surface area contributed by atoms with Crippen LogP contribution in [-0.2, 0) is 22.6 Å². The Kier molecular flexibility index (Phi) is 3.74. The van der Waals surface area contributed by atoms with Crippen molar-refractivity contribution in [2.45, 2.75) is 44.7 Å². The highest BCUT2D eigenvalue weighted by Crippen LogP contribution is 2.33. The maximum atomic E-state index is 13.4. The third kappa shape index (κ3) is 2.88. The molecule has 25 heavy (non-hydrogen) atoms. The zero-order valence-corrected chi connectivity index (χ0v) is 13.8. The number of carbonyl (C=O) groups is 2. The van der Waals surface area contributed by atoms with Crippen LogP contribution in [0.15, 0.2) is 18.2 Å². The molecule has 0 aliphatic carbocycles.